The quantitative estimate of drug-likeness (QED) is 0.528. The molecule has 0 N–H and O–H groups in total. The summed E-state index contributed by atoms with van der Waals surface area (Å²) in [6, 6.07) is 8.77. The van der Waals surface area contributed by atoms with Gasteiger partial charge in [-0.3, -0.25) is 0 Å². The molecule has 3 atom stereocenters. The number of benzene rings is 1. The molecule has 2 heteroatoms. The molecule has 0 saturated heterocycles. The van der Waals surface area contributed by atoms with Gasteiger partial charge >= 0.3 is 0 Å². The van der Waals surface area contributed by atoms with Gasteiger partial charge in [-0.25, -0.2) is 0 Å². The summed E-state index contributed by atoms with van der Waals surface area (Å²) < 4.78 is 1.19. The van der Waals surface area contributed by atoms with E-state index >= 15 is 0 Å². The average Bonchev–Trinajstić information content (AvgIpc) is 2.30. The molecule has 1 aliphatic rings. The largest absolute Gasteiger partial charge is 0.0888 e. The number of alkyl halides is 1. The minimum atomic E-state index is 0.447. The summed E-state index contributed by atoms with van der Waals surface area (Å²) in [4.78, 5) is 0.685. The molecule has 1 aromatic rings. The van der Waals surface area contributed by atoms with Crippen LogP contribution in [-0.2, 0) is 6.42 Å². The Morgan fingerprint density at radius 2 is 1.95 bits per heavy atom. The van der Waals surface area contributed by atoms with Gasteiger partial charge in [0.1, 0.15) is 0 Å². The first-order chi connectivity index (χ1) is 8.86. The highest BCUT2D eigenvalue weighted by Gasteiger charge is 2.34. The summed E-state index contributed by atoms with van der Waals surface area (Å²) in [7, 11) is 0. The lowest BCUT2D eigenvalue weighted by molar-refractivity contribution is 0.146. The predicted octanol–water partition coefficient (Wildman–Crippen LogP) is 6.22. The number of rotatable bonds is 2. The first kappa shape index (κ1) is 15.6. The van der Waals surface area contributed by atoms with Crippen LogP contribution in [0.4, 0.5) is 0 Å². The smallest absolute Gasteiger partial charge is 0.0177 e. The molecule has 0 nitrogen and oxygen atoms in total. The van der Waals surface area contributed by atoms with E-state index in [0.29, 0.717) is 10.2 Å². The SMILES string of the molecule is CC(C)(C)C1CCC(Br)C(Cc2cccc(Br)c2)C1. The molecule has 0 spiro atoms. The Hall–Kier alpha value is 0.180. The minimum Gasteiger partial charge on any atom is -0.0888 e. The van der Waals surface area contributed by atoms with Crippen LogP contribution < -0.4 is 0 Å². The van der Waals surface area contributed by atoms with Gasteiger partial charge in [0.15, 0.2) is 0 Å². The monoisotopic (exact) mass is 386 g/mol. The molecule has 0 aromatic heterocycles. The van der Waals surface area contributed by atoms with E-state index in [2.05, 4.69) is 76.9 Å². The third kappa shape index (κ3) is 4.32. The van der Waals surface area contributed by atoms with Crippen LogP contribution in [-0.4, -0.2) is 4.83 Å². The highest BCUT2D eigenvalue weighted by Crippen LogP contribution is 2.43. The normalized spacial score (nSPS) is 28.4. The highest BCUT2D eigenvalue weighted by molar-refractivity contribution is 9.10. The molecule has 1 aromatic carbocycles. The highest BCUT2D eigenvalue weighted by atomic mass is 79.9. The molecule has 1 saturated carbocycles. The fraction of sp³-hybridized carbons (Fsp3) is 0.647. The molecule has 1 fully saturated rings. The van der Waals surface area contributed by atoms with Crippen molar-refractivity contribution >= 4 is 31.9 Å². The van der Waals surface area contributed by atoms with Crippen LogP contribution >= 0.6 is 31.9 Å². The van der Waals surface area contributed by atoms with Gasteiger partial charge in [0, 0.05) is 9.30 Å². The summed E-state index contributed by atoms with van der Waals surface area (Å²) in [6.45, 7) is 7.17. The Kier molecular flexibility index (Phi) is 5.16. The van der Waals surface area contributed by atoms with Crippen LogP contribution in [0.2, 0.25) is 0 Å². The Labute approximate surface area is 134 Å². The summed E-state index contributed by atoms with van der Waals surface area (Å²) >= 11 is 7.49. The number of hydrogen-bond acceptors (Lipinski definition) is 0. The summed E-state index contributed by atoms with van der Waals surface area (Å²) in [5.74, 6) is 1.63. The first-order valence-corrected chi connectivity index (χ1v) is 8.95. The van der Waals surface area contributed by atoms with E-state index in [1.165, 1.54) is 35.7 Å². The van der Waals surface area contributed by atoms with Crippen molar-refractivity contribution in [3.05, 3.63) is 34.3 Å². The third-order valence-electron chi connectivity index (χ3n) is 4.50. The molecule has 0 bridgehead atoms. The molecule has 1 aliphatic carbocycles. The second kappa shape index (κ2) is 6.30. The maximum atomic E-state index is 3.91. The molecule has 0 radical (unpaired) electrons. The lowest BCUT2D eigenvalue weighted by Crippen LogP contribution is -2.33. The van der Waals surface area contributed by atoms with Crippen LogP contribution in [0.15, 0.2) is 28.7 Å². The topological polar surface area (TPSA) is 0 Å². The summed E-state index contributed by atoms with van der Waals surface area (Å²) in [5.41, 5.74) is 1.90. The van der Waals surface area contributed by atoms with Gasteiger partial charge in [-0.2, -0.15) is 0 Å². The number of halogens is 2. The van der Waals surface area contributed by atoms with E-state index in [-0.39, 0.29) is 0 Å². The fourth-order valence-corrected chi connectivity index (χ4v) is 4.31. The standard InChI is InChI=1S/C17H24Br2/c1-17(2,3)14-7-8-16(19)13(11-14)9-12-5-4-6-15(18)10-12/h4-6,10,13-14,16H,7-9,11H2,1-3H3. The molecule has 106 valence electrons. The zero-order valence-electron chi connectivity index (χ0n) is 12.1. The van der Waals surface area contributed by atoms with Gasteiger partial charge in [0.05, 0.1) is 0 Å². The van der Waals surface area contributed by atoms with Crippen molar-refractivity contribution in [1.29, 1.82) is 0 Å². The van der Waals surface area contributed by atoms with Crippen LogP contribution in [0, 0.1) is 17.3 Å². The van der Waals surface area contributed by atoms with Gasteiger partial charge in [0.25, 0.3) is 0 Å². The molecule has 19 heavy (non-hydrogen) atoms. The Morgan fingerprint density at radius 3 is 2.58 bits per heavy atom. The Balaban J connectivity index is 2.05. The van der Waals surface area contributed by atoms with E-state index in [1.54, 1.807) is 0 Å². The molecule has 0 heterocycles. The summed E-state index contributed by atoms with van der Waals surface area (Å²) in [5, 5.41) is 0. The fourth-order valence-electron chi connectivity index (χ4n) is 3.19. The van der Waals surface area contributed by atoms with Crippen molar-refractivity contribution in [2.45, 2.75) is 51.3 Å². The average molecular weight is 388 g/mol. The van der Waals surface area contributed by atoms with E-state index < -0.39 is 0 Å². The summed E-state index contributed by atoms with van der Waals surface area (Å²) in [6.07, 6.45) is 5.24. The van der Waals surface area contributed by atoms with Crippen LogP contribution in [0.3, 0.4) is 0 Å². The van der Waals surface area contributed by atoms with Crippen molar-refractivity contribution in [3.63, 3.8) is 0 Å². The maximum absolute atomic E-state index is 3.91. The maximum Gasteiger partial charge on any atom is 0.0177 e. The van der Waals surface area contributed by atoms with E-state index in [4.69, 9.17) is 0 Å². The molecular formula is C17H24Br2. The van der Waals surface area contributed by atoms with Crippen molar-refractivity contribution in [2.75, 3.05) is 0 Å². The predicted molar refractivity (Wildman–Crippen MR) is 90.8 cm³/mol. The zero-order valence-corrected chi connectivity index (χ0v) is 15.3. The second-order valence-corrected chi connectivity index (χ2v) is 9.08. The van der Waals surface area contributed by atoms with Crippen LogP contribution in [0.25, 0.3) is 0 Å². The van der Waals surface area contributed by atoms with Gasteiger partial charge < -0.3 is 0 Å². The van der Waals surface area contributed by atoms with Crippen molar-refractivity contribution < 1.29 is 0 Å². The van der Waals surface area contributed by atoms with Crippen LogP contribution in [0.1, 0.15) is 45.6 Å². The Morgan fingerprint density at radius 1 is 1.21 bits per heavy atom. The number of hydrogen-bond donors (Lipinski definition) is 0. The van der Waals surface area contributed by atoms with Crippen molar-refractivity contribution in [3.8, 4) is 0 Å². The lowest BCUT2D eigenvalue weighted by Gasteiger charge is -2.40. The third-order valence-corrected chi connectivity index (χ3v) is 6.20. The van der Waals surface area contributed by atoms with Crippen LogP contribution in [0.5, 0.6) is 0 Å². The van der Waals surface area contributed by atoms with Crippen molar-refractivity contribution in [2.24, 2.45) is 17.3 Å². The minimum absolute atomic E-state index is 0.447. The van der Waals surface area contributed by atoms with Gasteiger partial charge in [0.2, 0.25) is 0 Å². The lowest BCUT2D eigenvalue weighted by atomic mass is 9.68. The van der Waals surface area contributed by atoms with E-state index in [9.17, 15) is 0 Å². The molecule has 0 aliphatic heterocycles. The molecule has 0 amide bonds. The zero-order chi connectivity index (χ0) is 14.0. The second-order valence-electron chi connectivity index (χ2n) is 6.99. The van der Waals surface area contributed by atoms with Gasteiger partial charge in [-0.05, 0) is 60.6 Å². The van der Waals surface area contributed by atoms with Gasteiger partial charge in [-0.15, -0.1) is 0 Å². The first-order valence-electron chi connectivity index (χ1n) is 7.25. The van der Waals surface area contributed by atoms with Gasteiger partial charge in [-0.1, -0.05) is 64.8 Å². The van der Waals surface area contributed by atoms with E-state index in [1.807, 2.05) is 0 Å². The Bertz CT molecular complexity index is 420. The van der Waals surface area contributed by atoms with Crippen molar-refractivity contribution in [1.82, 2.24) is 0 Å². The molecular weight excluding hydrogens is 364 g/mol. The molecule has 2 rings (SSSR count). The van der Waals surface area contributed by atoms with E-state index in [0.717, 1.165) is 11.8 Å². The molecule has 3 unspecified atom stereocenters.